The lowest BCUT2D eigenvalue weighted by Gasteiger charge is -2.06. The Hall–Kier alpha value is -1.28. The van der Waals surface area contributed by atoms with Crippen molar-refractivity contribution in [3.63, 3.8) is 0 Å². The first-order chi connectivity index (χ1) is 10.7. The van der Waals surface area contributed by atoms with E-state index in [0.29, 0.717) is 0 Å². The highest BCUT2D eigenvalue weighted by atomic mass is 35.5. The fraction of sp³-hybridized carbons (Fsp3) is 0.526. The fourth-order valence-corrected chi connectivity index (χ4v) is 2.33. The van der Waals surface area contributed by atoms with Crippen LogP contribution in [-0.2, 0) is 4.79 Å². The Morgan fingerprint density at radius 2 is 1.59 bits per heavy atom. The molecule has 22 heavy (non-hydrogen) atoms. The maximum absolute atomic E-state index is 10.6. The summed E-state index contributed by atoms with van der Waals surface area (Å²) in [4.78, 5) is 10.6. The summed E-state index contributed by atoms with van der Waals surface area (Å²) in [5.41, 5.74) is 0.938. The van der Waals surface area contributed by atoms with Crippen LogP contribution < -0.4 is 4.74 Å². The van der Waals surface area contributed by atoms with Gasteiger partial charge in [-0.25, -0.2) is 0 Å². The molecule has 0 aliphatic rings. The monoisotopic (exact) mass is 322 g/mol. The SMILES string of the molecule is CCCCCCCCCCOc1ccc(C=CC(=O)Cl)cc1. The van der Waals surface area contributed by atoms with E-state index in [0.717, 1.165) is 24.3 Å². The van der Waals surface area contributed by atoms with Gasteiger partial charge < -0.3 is 4.74 Å². The van der Waals surface area contributed by atoms with Crippen molar-refractivity contribution in [1.29, 1.82) is 0 Å². The molecule has 0 N–H and O–H groups in total. The summed E-state index contributed by atoms with van der Waals surface area (Å²) < 4.78 is 5.71. The molecule has 1 aromatic carbocycles. The second-order valence-corrected chi connectivity index (χ2v) is 5.90. The van der Waals surface area contributed by atoms with Crippen LogP contribution in [0.4, 0.5) is 0 Å². The van der Waals surface area contributed by atoms with E-state index >= 15 is 0 Å². The zero-order chi connectivity index (χ0) is 16.0. The number of hydrogen-bond donors (Lipinski definition) is 0. The molecule has 3 heteroatoms. The van der Waals surface area contributed by atoms with Crippen LogP contribution in [0.15, 0.2) is 30.3 Å². The highest BCUT2D eigenvalue weighted by Gasteiger charge is 1.96. The van der Waals surface area contributed by atoms with Gasteiger partial charge in [-0.1, -0.05) is 70.1 Å². The van der Waals surface area contributed by atoms with Crippen molar-refractivity contribution in [2.24, 2.45) is 0 Å². The third-order valence-electron chi connectivity index (χ3n) is 3.55. The van der Waals surface area contributed by atoms with Gasteiger partial charge in [-0.2, -0.15) is 0 Å². The van der Waals surface area contributed by atoms with Crippen LogP contribution in [0.5, 0.6) is 5.75 Å². The highest BCUT2D eigenvalue weighted by Crippen LogP contribution is 2.14. The third kappa shape index (κ3) is 9.62. The Balaban J connectivity index is 2.09. The summed E-state index contributed by atoms with van der Waals surface area (Å²) in [5, 5.41) is -0.463. The lowest BCUT2D eigenvalue weighted by Crippen LogP contribution is -1.97. The van der Waals surface area contributed by atoms with Crippen molar-refractivity contribution in [2.45, 2.75) is 58.3 Å². The molecule has 0 spiro atoms. The van der Waals surface area contributed by atoms with Gasteiger partial charge in [0, 0.05) is 0 Å². The lowest BCUT2D eigenvalue weighted by atomic mass is 10.1. The van der Waals surface area contributed by atoms with Gasteiger partial charge in [0.2, 0.25) is 5.24 Å². The number of carbonyl (C=O) groups is 1. The first-order valence-electron chi connectivity index (χ1n) is 8.33. The molecule has 0 radical (unpaired) electrons. The van der Waals surface area contributed by atoms with E-state index in [1.54, 1.807) is 6.08 Å². The molecule has 0 heterocycles. The van der Waals surface area contributed by atoms with Gasteiger partial charge >= 0.3 is 0 Å². The molecule has 1 rings (SSSR count). The van der Waals surface area contributed by atoms with E-state index < -0.39 is 5.24 Å². The third-order valence-corrected chi connectivity index (χ3v) is 3.68. The largest absolute Gasteiger partial charge is 0.494 e. The van der Waals surface area contributed by atoms with Gasteiger partial charge in [0.1, 0.15) is 5.75 Å². The quantitative estimate of drug-likeness (QED) is 0.268. The van der Waals surface area contributed by atoms with Crippen LogP contribution in [0.25, 0.3) is 6.08 Å². The van der Waals surface area contributed by atoms with E-state index in [9.17, 15) is 4.79 Å². The predicted octanol–water partition coefficient (Wildman–Crippen LogP) is 5.98. The number of carbonyl (C=O) groups excluding carboxylic acids is 1. The number of allylic oxidation sites excluding steroid dienone is 1. The second-order valence-electron chi connectivity index (χ2n) is 5.53. The summed E-state index contributed by atoms with van der Waals surface area (Å²) in [6.07, 6.45) is 13.5. The first kappa shape index (κ1) is 18.8. The minimum absolute atomic E-state index is 0.463. The molecule has 122 valence electrons. The van der Waals surface area contributed by atoms with Gasteiger partial charge in [-0.05, 0) is 41.8 Å². The molecule has 0 aromatic heterocycles. The van der Waals surface area contributed by atoms with Crippen molar-refractivity contribution in [2.75, 3.05) is 6.61 Å². The maximum Gasteiger partial charge on any atom is 0.245 e. The average Bonchev–Trinajstić information content (AvgIpc) is 2.52. The summed E-state index contributed by atoms with van der Waals surface area (Å²) in [6, 6.07) is 7.67. The number of ether oxygens (including phenoxy) is 1. The van der Waals surface area contributed by atoms with E-state index in [4.69, 9.17) is 16.3 Å². The standard InChI is InChI=1S/C19H27ClO2/c1-2-3-4-5-6-7-8-9-16-22-18-13-10-17(11-14-18)12-15-19(20)21/h10-15H,2-9,16H2,1H3. The number of rotatable bonds is 12. The molecule has 0 saturated heterocycles. The van der Waals surface area contributed by atoms with Crippen molar-refractivity contribution >= 4 is 22.9 Å². The van der Waals surface area contributed by atoms with Gasteiger partial charge in [-0.3, -0.25) is 4.79 Å². The minimum atomic E-state index is -0.463. The Morgan fingerprint density at radius 3 is 2.18 bits per heavy atom. The number of hydrogen-bond acceptors (Lipinski definition) is 2. The van der Waals surface area contributed by atoms with E-state index in [1.165, 1.54) is 51.0 Å². The van der Waals surface area contributed by atoms with Gasteiger partial charge in [-0.15, -0.1) is 0 Å². The molecule has 0 fully saturated rings. The normalized spacial score (nSPS) is 11.0. The second kappa shape index (κ2) is 12.3. The molecule has 1 aromatic rings. The zero-order valence-corrected chi connectivity index (χ0v) is 14.3. The van der Waals surface area contributed by atoms with Crippen molar-refractivity contribution in [3.05, 3.63) is 35.9 Å². The summed E-state index contributed by atoms with van der Waals surface area (Å²) >= 11 is 5.25. The fourth-order valence-electron chi connectivity index (χ4n) is 2.26. The Morgan fingerprint density at radius 1 is 1.00 bits per heavy atom. The average molecular weight is 323 g/mol. The molecule has 0 atom stereocenters. The summed E-state index contributed by atoms with van der Waals surface area (Å²) in [6.45, 7) is 3.02. The smallest absolute Gasteiger partial charge is 0.245 e. The zero-order valence-electron chi connectivity index (χ0n) is 13.5. The minimum Gasteiger partial charge on any atom is -0.494 e. The topological polar surface area (TPSA) is 26.3 Å². The predicted molar refractivity (Wildman–Crippen MR) is 94.4 cm³/mol. The van der Waals surface area contributed by atoms with Gasteiger partial charge in [0.25, 0.3) is 0 Å². The highest BCUT2D eigenvalue weighted by molar-refractivity contribution is 6.66. The molecule has 0 aliphatic heterocycles. The Labute approximate surface area is 139 Å². The van der Waals surface area contributed by atoms with E-state index in [2.05, 4.69) is 6.92 Å². The number of benzene rings is 1. The van der Waals surface area contributed by atoms with Crippen LogP contribution in [0, 0.1) is 0 Å². The summed E-state index contributed by atoms with van der Waals surface area (Å²) in [5.74, 6) is 0.872. The molecule has 2 nitrogen and oxygen atoms in total. The molecule has 0 saturated carbocycles. The molecule has 0 bridgehead atoms. The maximum atomic E-state index is 10.6. The van der Waals surface area contributed by atoms with Gasteiger partial charge in [0.05, 0.1) is 6.61 Å². The molecular weight excluding hydrogens is 296 g/mol. The Kier molecular flexibility index (Phi) is 10.5. The summed E-state index contributed by atoms with van der Waals surface area (Å²) in [7, 11) is 0. The molecule has 0 unspecified atom stereocenters. The van der Waals surface area contributed by atoms with Crippen LogP contribution in [0.3, 0.4) is 0 Å². The Bertz CT molecular complexity index is 437. The van der Waals surface area contributed by atoms with Crippen molar-refractivity contribution in [3.8, 4) is 5.75 Å². The van der Waals surface area contributed by atoms with E-state index in [-0.39, 0.29) is 0 Å². The van der Waals surface area contributed by atoms with Crippen molar-refractivity contribution in [1.82, 2.24) is 0 Å². The van der Waals surface area contributed by atoms with Crippen LogP contribution >= 0.6 is 11.6 Å². The molecule has 0 aliphatic carbocycles. The number of unbranched alkanes of at least 4 members (excludes halogenated alkanes) is 7. The van der Waals surface area contributed by atoms with Crippen LogP contribution in [-0.4, -0.2) is 11.8 Å². The van der Waals surface area contributed by atoms with Gasteiger partial charge in [0.15, 0.2) is 0 Å². The van der Waals surface area contributed by atoms with E-state index in [1.807, 2.05) is 24.3 Å². The number of halogens is 1. The molecular formula is C19H27ClO2. The first-order valence-corrected chi connectivity index (χ1v) is 8.70. The lowest BCUT2D eigenvalue weighted by molar-refractivity contribution is -0.107. The molecule has 0 amide bonds. The van der Waals surface area contributed by atoms with Crippen LogP contribution in [0.2, 0.25) is 0 Å². The van der Waals surface area contributed by atoms with Crippen molar-refractivity contribution < 1.29 is 9.53 Å². The van der Waals surface area contributed by atoms with Crippen LogP contribution in [0.1, 0.15) is 63.9 Å².